The molecule has 1 aliphatic rings. The van der Waals surface area contributed by atoms with Gasteiger partial charge in [-0.2, -0.15) is 5.10 Å². The van der Waals surface area contributed by atoms with Crippen molar-refractivity contribution in [2.45, 2.75) is 57.7 Å². The van der Waals surface area contributed by atoms with Gasteiger partial charge in [0.1, 0.15) is 0 Å². The Kier molecular flexibility index (Phi) is 4.42. The third kappa shape index (κ3) is 3.59. The van der Waals surface area contributed by atoms with Crippen molar-refractivity contribution >= 4 is 37.6 Å². The first-order valence-corrected chi connectivity index (χ1v) is 11.4. The molecule has 6 heteroatoms. The summed E-state index contributed by atoms with van der Waals surface area (Å²) in [6.07, 6.45) is 4.09. The fourth-order valence-electron chi connectivity index (χ4n) is 5.06. The van der Waals surface area contributed by atoms with Crippen LogP contribution in [0, 0.1) is 0 Å². The average Bonchev–Trinajstić information content (AvgIpc) is 3.30. The fraction of sp³-hybridized carbons (Fsp3) is 0.417. The van der Waals surface area contributed by atoms with Crippen molar-refractivity contribution in [2.24, 2.45) is 0 Å². The van der Waals surface area contributed by atoms with Gasteiger partial charge in [0, 0.05) is 29.6 Å². The smallest absolute Gasteiger partial charge is 0.186 e. The first-order valence-electron chi connectivity index (χ1n) is 10.6. The second-order valence-corrected chi connectivity index (χ2v) is 10.9. The summed E-state index contributed by atoms with van der Waals surface area (Å²) in [5, 5.41) is 13.2. The van der Waals surface area contributed by atoms with E-state index in [1.54, 1.807) is 11.3 Å². The van der Waals surface area contributed by atoms with Crippen LogP contribution in [0.2, 0.25) is 0 Å². The summed E-state index contributed by atoms with van der Waals surface area (Å²) in [5.74, 6) is 0. The van der Waals surface area contributed by atoms with Gasteiger partial charge in [0.15, 0.2) is 5.13 Å². The van der Waals surface area contributed by atoms with Crippen LogP contribution in [0.25, 0.3) is 32.2 Å². The van der Waals surface area contributed by atoms with Gasteiger partial charge < -0.3 is 10.2 Å². The molecule has 1 fully saturated rings. The SMILES string of the molecule is CN(c1nc2ccc(-c3ccc4[nH]ncc4c3)cc2s1)C1CC(C)(C)NC(C)(C)C1. The third-order valence-corrected chi connectivity index (χ3v) is 7.28. The lowest BCUT2D eigenvalue weighted by atomic mass is 9.79. The lowest BCUT2D eigenvalue weighted by Crippen LogP contribution is -2.61. The number of rotatable bonds is 3. The molecule has 0 amide bonds. The summed E-state index contributed by atoms with van der Waals surface area (Å²) in [6, 6.07) is 13.5. The van der Waals surface area contributed by atoms with Crippen LogP contribution >= 0.6 is 11.3 Å². The molecule has 0 aliphatic carbocycles. The molecule has 3 heterocycles. The largest absolute Gasteiger partial charge is 0.348 e. The summed E-state index contributed by atoms with van der Waals surface area (Å²) in [7, 11) is 2.20. The molecule has 0 saturated carbocycles. The van der Waals surface area contributed by atoms with Gasteiger partial charge in [-0.05, 0) is 75.9 Å². The van der Waals surface area contributed by atoms with Gasteiger partial charge in [-0.15, -0.1) is 0 Å². The van der Waals surface area contributed by atoms with Gasteiger partial charge in [0.05, 0.1) is 21.9 Å². The van der Waals surface area contributed by atoms with Crippen LogP contribution < -0.4 is 10.2 Å². The molecule has 5 rings (SSSR count). The summed E-state index contributed by atoms with van der Waals surface area (Å²) in [5.41, 5.74) is 4.80. The van der Waals surface area contributed by atoms with E-state index < -0.39 is 0 Å². The Bertz CT molecular complexity index is 1200. The summed E-state index contributed by atoms with van der Waals surface area (Å²) < 4.78 is 1.23. The molecule has 4 aromatic rings. The Labute approximate surface area is 181 Å². The van der Waals surface area contributed by atoms with E-state index in [0.717, 1.165) is 34.4 Å². The predicted octanol–water partition coefficient (Wildman–Crippen LogP) is 5.59. The van der Waals surface area contributed by atoms with E-state index in [0.29, 0.717) is 6.04 Å². The maximum absolute atomic E-state index is 4.97. The first-order chi connectivity index (χ1) is 14.2. The van der Waals surface area contributed by atoms with Crippen LogP contribution in [-0.4, -0.2) is 39.3 Å². The molecule has 0 bridgehead atoms. The zero-order valence-corrected chi connectivity index (χ0v) is 19.1. The first kappa shape index (κ1) is 19.5. The van der Waals surface area contributed by atoms with Crippen molar-refractivity contribution < 1.29 is 0 Å². The topological polar surface area (TPSA) is 56.8 Å². The van der Waals surface area contributed by atoms with Gasteiger partial charge >= 0.3 is 0 Å². The summed E-state index contributed by atoms with van der Waals surface area (Å²) in [4.78, 5) is 7.36. The number of hydrogen-bond donors (Lipinski definition) is 2. The maximum atomic E-state index is 4.97. The van der Waals surface area contributed by atoms with Crippen molar-refractivity contribution in [1.29, 1.82) is 0 Å². The molecule has 1 aliphatic heterocycles. The van der Waals surface area contributed by atoms with Crippen LogP contribution in [0.15, 0.2) is 42.6 Å². The molecule has 1 saturated heterocycles. The number of anilines is 1. The zero-order valence-electron chi connectivity index (χ0n) is 18.3. The van der Waals surface area contributed by atoms with Gasteiger partial charge in [-0.3, -0.25) is 5.10 Å². The molecule has 0 atom stereocenters. The highest BCUT2D eigenvalue weighted by molar-refractivity contribution is 7.22. The Morgan fingerprint density at radius 1 is 1.00 bits per heavy atom. The van der Waals surface area contributed by atoms with Gasteiger partial charge in [0.2, 0.25) is 0 Å². The van der Waals surface area contributed by atoms with E-state index in [-0.39, 0.29) is 11.1 Å². The number of hydrogen-bond acceptors (Lipinski definition) is 5. The molecule has 2 aromatic carbocycles. The number of nitrogens with zero attached hydrogens (tertiary/aromatic N) is 3. The Hall–Kier alpha value is -2.44. The standard InChI is InChI=1S/C24H29N5S/c1-23(2)12-18(13-24(3,4)28-23)29(5)22-26-20-9-7-16(11-21(20)30-22)15-6-8-19-17(10-15)14-25-27-19/h6-11,14,18,28H,12-13H2,1-5H3,(H,25,27). The molecule has 0 spiro atoms. The van der Waals surface area contributed by atoms with E-state index in [1.807, 2.05) is 6.20 Å². The fourth-order valence-corrected chi connectivity index (χ4v) is 6.10. The van der Waals surface area contributed by atoms with Crippen molar-refractivity contribution in [1.82, 2.24) is 20.5 Å². The highest BCUT2D eigenvalue weighted by Crippen LogP contribution is 2.37. The third-order valence-electron chi connectivity index (χ3n) is 6.17. The number of H-pyrrole nitrogens is 1. The number of piperidine rings is 1. The molecule has 30 heavy (non-hydrogen) atoms. The van der Waals surface area contributed by atoms with E-state index in [1.165, 1.54) is 15.8 Å². The molecular formula is C24H29N5S. The lowest BCUT2D eigenvalue weighted by molar-refractivity contribution is 0.161. The van der Waals surface area contributed by atoms with Crippen molar-refractivity contribution in [3.63, 3.8) is 0 Å². The minimum absolute atomic E-state index is 0.121. The minimum Gasteiger partial charge on any atom is -0.348 e. The lowest BCUT2D eigenvalue weighted by Gasteiger charge is -2.48. The number of aromatic nitrogens is 3. The molecule has 0 unspecified atom stereocenters. The van der Waals surface area contributed by atoms with E-state index in [9.17, 15) is 0 Å². The number of benzene rings is 2. The van der Waals surface area contributed by atoms with E-state index in [4.69, 9.17) is 4.98 Å². The average molecular weight is 420 g/mol. The van der Waals surface area contributed by atoms with Crippen molar-refractivity contribution in [3.8, 4) is 11.1 Å². The molecule has 2 N–H and O–H groups in total. The second kappa shape index (κ2) is 6.79. The molecule has 156 valence electrons. The van der Waals surface area contributed by atoms with Crippen molar-refractivity contribution in [2.75, 3.05) is 11.9 Å². The Morgan fingerprint density at radius 2 is 1.70 bits per heavy atom. The van der Waals surface area contributed by atoms with E-state index >= 15 is 0 Å². The van der Waals surface area contributed by atoms with Crippen LogP contribution in [0.3, 0.4) is 0 Å². The maximum Gasteiger partial charge on any atom is 0.186 e. The van der Waals surface area contributed by atoms with Crippen LogP contribution in [0.4, 0.5) is 5.13 Å². The normalized spacial score (nSPS) is 18.8. The summed E-state index contributed by atoms with van der Waals surface area (Å²) >= 11 is 1.79. The number of nitrogens with one attached hydrogen (secondary N) is 2. The Balaban J connectivity index is 1.46. The highest BCUT2D eigenvalue weighted by atomic mass is 32.1. The molecule has 2 aromatic heterocycles. The number of aromatic amines is 1. The van der Waals surface area contributed by atoms with Crippen LogP contribution in [0.1, 0.15) is 40.5 Å². The van der Waals surface area contributed by atoms with E-state index in [2.05, 4.69) is 91.6 Å². The quantitative estimate of drug-likeness (QED) is 0.455. The molecular weight excluding hydrogens is 390 g/mol. The molecule has 5 nitrogen and oxygen atoms in total. The minimum atomic E-state index is 0.121. The van der Waals surface area contributed by atoms with Gasteiger partial charge in [0.25, 0.3) is 0 Å². The summed E-state index contributed by atoms with van der Waals surface area (Å²) in [6.45, 7) is 9.21. The molecule has 0 radical (unpaired) electrons. The number of fused-ring (bicyclic) bond motifs is 2. The Morgan fingerprint density at radius 3 is 2.47 bits per heavy atom. The second-order valence-electron chi connectivity index (χ2n) is 9.92. The predicted molar refractivity (Wildman–Crippen MR) is 127 cm³/mol. The van der Waals surface area contributed by atoms with Gasteiger partial charge in [-0.1, -0.05) is 23.5 Å². The zero-order chi connectivity index (χ0) is 21.1. The van der Waals surface area contributed by atoms with Crippen molar-refractivity contribution in [3.05, 3.63) is 42.6 Å². The van der Waals surface area contributed by atoms with Gasteiger partial charge in [-0.25, -0.2) is 4.98 Å². The van der Waals surface area contributed by atoms with Crippen LogP contribution in [-0.2, 0) is 0 Å². The van der Waals surface area contributed by atoms with Crippen LogP contribution in [0.5, 0.6) is 0 Å². The monoisotopic (exact) mass is 419 g/mol. The number of thiazole rings is 1. The highest BCUT2D eigenvalue weighted by Gasteiger charge is 2.39.